The molecule has 66 valence electrons. The molecule has 0 saturated carbocycles. The van der Waals surface area contributed by atoms with Gasteiger partial charge >= 0.3 is 23.1 Å². The van der Waals surface area contributed by atoms with Crippen LogP contribution in [-0.2, 0) is 0 Å². The third-order valence-corrected chi connectivity index (χ3v) is 1.73. The molecule has 1 aliphatic carbocycles. The van der Waals surface area contributed by atoms with Gasteiger partial charge in [-0.3, -0.25) is 0 Å². The first-order chi connectivity index (χ1) is 4.11. The van der Waals surface area contributed by atoms with E-state index in [-0.39, 0.29) is 57.0 Å². The molecule has 0 heterocycles. The van der Waals surface area contributed by atoms with Gasteiger partial charge in [-0.15, -0.1) is 0 Å². The Labute approximate surface area is 113 Å². The third kappa shape index (κ3) is 5.78. The summed E-state index contributed by atoms with van der Waals surface area (Å²) in [6, 6.07) is 0. The zero-order chi connectivity index (χ0) is 6.91. The Hall–Kier alpha value is 1.21. The topological polar surface area (TPSA) is 0 Å². The zero-order valence-corrected chi connectivity index (χ0v) is 12.5. The summed E-state index contributed by atoms with van der Waals surface area (Å²) < 4.78 is 0. The molecule has 0 spiro atoms. The van der Waals surface area contributed by atoms with Gasteiger partial charge < -0.3 is 34.0 Å². The average molecular weight is 306 g/mol. The van der Waals surface area contributed by atoms with Crippen LogP contribution in [0.3, 0.4) is 0 Å². The van der Waals surface area contributed by atoms with Gasteiger partial charge in [-0.25, -0.2) is 0 Å². The van der Waals surface area contributed by atoms with Crippen molar-refractivity contribution in [1.29, 1.82) is 0 Å². The van der Waals surface area contributed by atoms with Crippen molar-refractivity contribution in [3.8, 4) is 0 Å². The molecule has 0 unspecified atom stereocenters. The minimum Gasteiger partial charge on any atom is -1.00 e. The quantitative estimate of drug-likeness (QED) is 0.408. The van der Waals surface area contributed by atoms with E-state index in [9.17, 15) is 0 Å². The second kappa shape index (κ2) is 7.60. The second-order valence-electron chi connectivity index (χ2n) is 3.57. The smallest absolute Gasteiger partial charge is 1.00 e. The summed E-state index contributed by atoms with van der Waals surface area (Å²) in [6.45, 7) is 6.77. The van der Waals surface area contributed by atoms with Crippen molar-refractivity contribution < 1.29 is 34.0 Å². The van der Waals surface area contributed by atoms with Gasteiger partial charge in [0.05, 0.1) is 0 Å². The first-order valence-corrected chi connectivity index (χ1v) is 3.47. The molecule has 0 atom stereocenters. The van der Waals surface area contributed by atoms with E-state index in [0.717, 1.165) is 6.42 Å². The predicted molar refractivity (Wildman–Crippen MR) is 47.0 cm³/mol. The van der Waals surface area contributed by atoms with E-state index in [1.54, 1.807) is 5.57 Å². The Bertz CT molecular complexity index is 166. The van der Waals surface area contributed by atoms with Crippen LogP contribution in [0.2, 0.25) is 0 Å². The van der Waals surface area contributed by atoms with Crippen LogP contribution in [0.5, 0.6) is 0 Å². The largest absolute Gasteiger partial charge is 2.00 e. The maximum absolute atomic E-state index is 2.26. The number of rotatable bonds is 0. The van der Waals surface area contributed by atoms with E-state index in [4.69, 9.17) is 0 Å². The third-order valence-electron chi connectivity index (χ3n) is 1.73. The molecule has 1 rings (SSSR count). The van der Waals surface area contributed by atoms with Crippen LogP contribution in [-0.4, -0.2) is 23.1 Å². The van der Waals surface area contributed by atoms with Crippen LogP contribution in [0.25, 0.3) is 0 Å². The molecule has 1 aliphatic rings. The summed E-state index contributed by atoms with van der Waals surface area (Å²) in [5.41, 5.74) is 1.92. The van der Waals surface area contributed by atoms with Gasteiger partial charge in [-0.1, -0.05) is 44.6 Å². The molecule has 0 N–H and O–H groups in total. The summed E-state index contributed by atoms with van der Waals surface area (Å²) in [6.07, 6.45) is 7.73. The molecule has 12 heavy (non-hydrogen) atoms. The van der Waals surface area contributed by atoms with Crippen molar-refractivity contribution in [2.45, 2.75) is 27.2 Å². The number of halogens is 2. The first kappa shape index (κ1) is 18.9. The van der Waals surface area contributed by atoms with Gasteiger partial charge in [0.1, 0.15) is 0 Å². The summed E-state index contributed by atoms with van der Waals surface area (Å²) in [5, 5.41) is 0. The monoisotopic (exact) mass is 304 g/mol. The molecule has 0 aromatic heterocycles. The van der Waals surface area contributed by atoms with Gasteiger partial charge in [-0.2, -0.15) is 0 Å². The Morgan fingerprint density at radius 3 is 1.83 bits per heavy atom. The maximum Gasteiger partial charge on any atom is 2.00 e. The molecule has 0 saturated heterocycles. The number of hydrogen-bond donors (Lipinski definition) is 0. The van der Waals surface area contributed by atoms with Crippen LogP contribution in [0.1, 0.15) is 27.2 Å². The second-order valence-corrected chi connectivity index (χ2v) is 3.57. The molecule has 0 fully saturated rings. The van der Waals surface area contributed by atoms with Crippen molar-refractivity contribution in [1.82, 2.24) is 0 Å². The van der Waals surface area contributed by atoms with Crippen molar-refractivity contribution in [3.63, 3.8) is 0 Å². The van der Waals surface area contributed by atoms with Crippen molar-refractivity contribution in [3.05, 3.63) is 23.8 Å². The van der Waals surface area contributed by atoms with Gasteiger partial charge in [0.2, 0.25) is 0 Å². The van der Waals surface area contributed by atoms with Crippen LogP contribution in [0, 0.1) is 5.41 Å². The van der Waals surface area contributed by atoms with E-state index in [2.05, 4.69) is 39.0 Å². The molecule has 0 aromatic rings. The van der Waals surface area contributed by atoms with E-state index < -0.39 is 0 Å². The molecular formula is C9H14Br2Mg. The minimum absolute atomic E-state index is 0. The summed E-state index contributed by atoms with van der Waals surface area (Å²) in [7, 11) is 0. The van der Waals surface area contributed by atoms with E-state index in [1.807, 2.05) is 0 Å². The van der Waals surface area contributed by atoms with Crippen molar-refractivity contribution in [2.24, 2.45) is 5.41 Å². The molecule has 0 bridgehead atoms. The Morgan fingerprint density at radius 1 is 1.17 bits per heavy atom. The summed E-state index contributed by atoms with van der Waals surface area (Å²) >= 11 is 0. The maximum atomic E-state index is 2.26. The normalized spacial score (nSPS) is 13.8. The predicted octanol–water partition coefficient (Wildman–Crippen LogP) is -3.45. The van der Waals surface area contributed by atoms with Crippen molar-refractivity contribution in [2.75, 3.05) is 0 Å². The zero-order valence-electron chi connectivity index (χ0n) is 7.90. The van der Waals surface area contributed by atoms with Crippen LogP contribution in [0.4, 0.5) is 0 Å². The SMILES string of the molecule is CC(C)(C)C1=CC=CC1.[Br-].[Br-].[Mg+2]. The minimum atomic E-state index is 0. The Balaban J connectivity index is -0.000000270. The fourth-order valence-electron chi connectivity index (χ4n) is 1.00. The Morgan fingerprint density at radius 2 is 1.67 bits per heavy atom. The molecule has 0 nitrogen and oxygen atoms in total. The fourth-order valence-corrected chi connectivity index (χ4v) is 1.00. The van der Waals surface area contributed by atoms with Gasteiger partial charge in [0.25, 0.3) is 0 Å². The van der Waals surface area contributed by atoms with Gasteiger partial charge in [0.15, 0.2) is 0 Å². The molecule has 0 amide bonds. The number of allylic oxidation sites excluding steroid dienone is 4. The average Bonchev–Trinajstić information content (AvgIpc) is 2.08. The van der Waals surface area contributed by atoms with Crippen molar-refractivity contribution >= 4 is 23.1 Å². The van der Waals surface area contributed by atoms with Crippen LogP contribution < -0.4 is 34.0 Å². The first-order valence-electron chi connectivity index (χ1n) is 3.47. The Kier molecular flexibility index (Phi) is 12.0. The van der Waals surface area contributed by atoms with E-state index in [1.165, 1.54) is 0 Å². The van der Waals surface area contributed by atoms with Crippen LogP contribution in [0.15, 0.2) is 23.8 Å². The molecular weight excluding hydrogens is 292 g/mol. The fraction of sp³-hybridized carbons (Fsp3) is 0.556. The van der Waals surface area contributed by atoms with Gasteiger partial charge in [-0.05, 0) is 11.8 Å². The van der Waals surface area contributed by atoms with Crippen LogP contribution >= 0.6 is 0 Å². The summed E-state index contributed by atoms with van der Waals surface area (Å²) in [4.78, 5) is 0. The molecule has 0 radical (unpaired) electrons. The van der Waals surface area contributed by atoms with E-state index in [0.29, 0.717) is 5.41 Å². The van der Waals surface area contributed by atoms with Gasteiger partial charge in [0, 0.05) is 0 Å². The van der Waals surface area contributed by atoms with E-state index >= 15 is 0 Å². The molecule has 0 aromatic carbocycles. The number of hydrogen-bond acceptors (Lipinski definition) is 0. The standard InChI is InChI=1S/C9H14.2BrH.Mg/c1-9(2,3)8-6-4-5-7-8;;;/h4-6H,7H2,1-3H3;2*1H;/q;;;+2/p-2. The molecule has 0 aliphatic heterocycles. The summed E-state index contributed by atoms with van der Waals surface area (Å²) in [5.74, 6) is 0. The molecule has 3 heteroatoms.